The maximum Gasteiger partial charge on any atom is 0.255 e. The van der Waals surface area contributed by atoms with Gasteiger partial charge in [0, 0.05) is 29.8 Å². The van der Waals surface area contributed by atoms with Gasteiger partial charge in [0.15, 0.2) is 9.84 Å². The Morgan fingerprint density at radius 2 is 1.80 bits per heavy atom. The second-order valence-corrected chi connectivity index (χ2v) is 9.85. The molecule has 3 heterocycles. The van der Waals surface area contributed by atoms with E-state index < -0.39 is 21.9 Å². The predicted octanol–water partition coefficient (Wildman–Crippen LogP) is 1.56. The highest BCUT2D eigenvalue weighted by Crippen LogP contribution is 2.29. The van der Waals surface area contributed by atoms with Crippen LogP contribution in [0.15, 0.2) is 11.4 Å². The summed E-state index contributed by atoms with van der Waals surface area (Å²) in [7, 11) is -3.24. The molecule has 2 fully saturated rings. The molecular weight excluding hydrogens is 360 g/mol. The molecule has 1 aromatic heterocycles. The molecule has 0 spiro atoms. The van der Waals surface area contributed by atoms with Crippen LogP contribution >= 0.6 is 11.3 Å². The van der Waals surface area contributed by atoms with E-state index in [0.717, 1.165) is 12.8 Å². The summed E-state index contributed by atoms with van der Waals surface area (Å²) in [4.78, 5) is 29.6. The van der Waals surface area contributed by atoms with E-state index >= 15 is 0 Å². The fraction of sp³-hybridized carbons (Fsp3) is 0.647. The van der Waals surface area contributed by atoms with Crippen molar-refractivity contribution in [3.8, 4) is 0 Å². The Morgan fingerprint density at radius 1 is 1.16 bits per heavy atom. The molecule has 0 unspecified atom stereocenters. The van der Waals surface area contributed by atoms with Crippen LogP contribution in [0, 0.1) is 0 Å². The minimum absolute atomic E-state index is 0.0417. The normalized spacial score (nSPS) is 25.0. The van der Waals surface area contributed by atoms with Gasteiger partial charge < -0.3 is 9.80 Å². The fourth-order valence-electron chi connectivity index (χ4n) is 3.75. The minimum atomic E-state index is -3.24. The lowest BCUT2D eigenvalue weighted by atomic mass is 10.0. The molecule has 6 nitrogen and oxygen atoms in total. The molecule has 1 aromatic rings. The van der Waals surface area contributed by atoms with Gasteiger partial charge in [-0.2, -0.15) is 0 Å². The summed E-state index contributed by atoms with van der Waals surface area (Å²) in [6.45, 7) is 4.67. The maximum atomic E-state index is 13.0. The third-order valence-corrected chi connectivity index (χ3v) is 7.65. The Kier molecular flexibility index (Phi) is 5.20. The molecule has 0 saturated carbocycles. The number of sulfone groups is 1. The van der Waals surface area contributed by atoms with E-state index in [1.54, 1.807) is 28.1 Å². The first-order valence-electron chi connectivity index (χ1n) is 8.74. The molecule has 8 heteroatoms. The van der Waals surface area contributed by atoms with Crippen molar-refractivity contribution >= 4 is 33.0 Å². The first kappa shape index (κ1) is 18.4. The zero-order valence-electron chi connectivity index (χ0n) is 14.6. The van der Waals surface area contributed by atoms with E-state index in [1.165, 1.54) is 4.88 Å². The van der Waals surface area contributed by atoms with Crippen molar-refractivity contribution in [2.45, 2.75) is 45.2 Å². The zero-order valence-corrected chi connectivity index (χ0v) is 16.2. The van der Waals surface area contributed by atoms with Crippen LogP contribution in [0.25, 0.3) is 0 Å². The second kappa shape index (κ2) is 7.07. The molecule has 0 radical (unpaired) electrons. The van der Waals surface area contributed by atoms with Crippen molar-refractivity contribution in [2.24, 2.45) is 0 Å². The van der Waals surface area contributed by atoms with Gasteiger partial charge in [0.1, 0.15) is 0 Å². The molecule has 0 aromatic carbocycles. The first-order chi connectivity index (χ1) is 11.9. The number of nitrogens with zero attached hydrogens (tertiary/aromatic N) is 2. The number of hydrogen-bond donors (Lipinski definition) is 0. The average molecular weight is 385 g/mol. The number of piperazine rings is 1. The van der Waals surface area contributed by atoms with E-state index in [4.69, 9.17) is 0 Å². The first-order valence-corrected chi connectivity index (χ1v) is 11.4. The largest absolute Gasteiger partial charge is 0.335 e. The van der Waals surface area contributed by atoms with Crippen LogP contribution in [0.1, 0.15) is 41.9 Å². The summed E-state index contributed by atoms with van der Waals surface area (Å²) in [6, 6.07) is 1.07. The number of hydrogen-bond acceptors (Lipinski definition) is 5. The van der Waals surface area contributed by atoms with Crippen molar-refractivity contribution in [3.05, 3.63) is 21.9 Å². The van der Waals surface area contributed by atoms with Gasteiger partial charge >= 0.3 is 0 Å². The van der Waals surface area contributed by atoms with Crippen LogP contribution in [0.3, 0.4) is 0 Å². The molecule has 2 atom stereocenters. The molecule has 0 N–H and O–H groups in total. The number of carbonyl (C=O) groups is 2. The Morgan fingerprint density at radius 3 is 2.44 bits per heavy atom. The molecule has 2 aliphatic rings. The Hall–Kier alpha value is -1.41. The smallest absolute Gasteiger partial charge is 0.255 e. The van der Waals surface area contributed by atoms with Crippen LogP contribution in [0.4, 0.5) is 0 Å². The highest BCUT2D eigenvalue weighted by atomic mass is 32.2. The number of rotatable bonds is 4. The molecule has 3 rings (SSSR count). The molecule has 2 amide bonds. The fourth-order valence-corrected chi connectivity index (χ4v) is 6.70. The molecule has 138 valence electrons. The van der Waals surface area contributed by atoms with E-state index in [-0.39, 0.29) is 23.3 Å². The molecule has 25 heavy (non-hydrogen) atoms. The maximum absolute atomic E-state index is 13.0. The third kappa shape index (κ3) is 3.60. The zero-order chi connectivity index (χ0) is 18.2. The van der Waals surface area contributed by atoms with Gasteiger partial charge in [-0.3, -0.25) is 9.59 Å². The highest BCUT2D eigenvalue weighted by Gasteiger charge is 2.49. The van der Waals surface area contributed by atoms with Crippen molar-refractivity contribution in [3.63, 3.8) is 0 Å². The van der Waals surface area contributed by atoms with Gasteiger partial charge in [-0.15, -0.1) is 11.3 Å². The van der Waals surface area contributed by atoms with Crippen molar-refractivity contribution in [1.82, 2.24) is 9.80 Å². The molecule has 0 aliphatic carbocycles. The molecule has 0 bridgehead atoms. The lowest BCUT2D eigenvalue weighted by Crippen LogP contribution is -2.61. The van der Waals surface area contributed by atoms with Gasteiger partial charge in [-0.25, -0.2) is 8.42 Å². The predicted molar refractivity (Wildman–Crippen MR) is 97.6 cm³/mol. The Labute approximate surface area is 152 Å². The standard InChI is InChI=1S/C17H24N2O4S2/c1-3-5-13-8-12(9-24-13)17(21)19-7-6-18(16(20)4-2)14-10-25(22,23)11-15(14)19/h8-9,14-15H,3-7,10-11H2,1-2H3/t14-,15+/m0/s1. The quantitative estimate of drug-likeness (QED) is 0.790. The summed E-state index contributed by atoms with van der Waals surface area (Å²) >= 11 is 1.57. The Balaban J connectivity index is 1.84. The van der Waals surface area contributed by atoms with E-state index in [1.807, 2.05) is 11.4 Å². The summed E-state index contributed by atoms with van der Waals surface area (Å²) in [5.41, 5.74) is 0.631. The molecule has 2 saturated heterocycles. The van der Waals surface area contributed by atoms with Crippen molar-refractivity contribution < 1.29 is 18.0 Å². The Bertz CT molecular complexity index is 771. The van der Waals surface area contributed by atoms with Gasteiger partial charge in [0.2, 0.25) is 5.91 Å². The number of thiophene rings is 1. The number of fused-ring (bicyclic) bond motifs is 1. The molecule has 2 aliphatic heterocycles. The summed E-state index contributed by atoms with van der Waals surface area (Å²) in [6.07, 6.45) is 2.31. The summed E-state index contributed by atoms with van der Waals surface area (Å²) in [5, 5.41) is 1.86. The second-order valence-electron chi connectivity index (χ2n) is 6.70. The SMILES string of the molecule is CCCc1cc(C(=O)N2CCN(C(=O)CC)[C@H]3CS(=O)(=O)C[C@H]32)cs1. The van der Waals surface area contributed by atoms with Crippen molar-refractivity contribution in [2.75, 3.05) is 24.6 Å². The number of carbonyl (C=O) groups excluding carboxylic acids is 2. The van der Waals surface area contributed by atoms with E-state index in [0.29, 0.717) is 25.1 Å². The van der Waals surface area contributed by atoms with Gasteiger partial charge in [0.25, 0.3) is 5.91 Å². The molecular formula is C17H24N2O4S2. The number of aryl methyl sites for hydroxylation is 1. The van der Waals surface area contributed by atoms with Gasteiger partial charge in [-0.05, 0) is 12.5 Å². The minimum Gasteiger partial charge on any atom is -0.335 e. The lowest BCUT2D eigenvalue weighted by Gasteiger charge is -2.43. The van der Waals surface area contributed by atoms with Crippen LogP contribution in [-0.2, 0) is 21.1 Å². The van der Waals surface area contributed by atoms with E-state index in [2.05, 4.69) is 6.92 Å². The summed E-state index contributed by atoms with van der Waals surface area (Å²) in [5.74, 6) is -0.255. The third-order valence-electron chi connectivity index (χ3n) is 4.96. The lowest BCUT2D eigenvalue weighted by molar-refractivity contribution is -0.135. The van der Waals surface area contributed by atoms with Crippen LogP contribution in [-0.4, -0.2) is 66.7 Å². The average Bonchev–Trinajstić information content (AvgIpc) is 3.15. The van der Waals surface area contributed by atoms with Crippen LogP contribution in [0.2, 0.25) is 0 Å². The monoisotopic (exact) mass is 384 g/mol. The topological polar surface area (TPSA) is 74.8 Å². The van der Waals surface area contributed by atoms with Gasteiger partial charge in [-0.1, -0.05) is 20.3 Å². The van der Waals surface area contributed by atoms with Gasteiger partial charge in [0.05, 0.1) is 29.2 Å². The van der Waals surface area contributed by atoms with Crippen LogP contribution < -0.4 is 0 Å². The summed E-state index contributed by atoms with van der Waals surface area (Å²) < 4.78 is 24.3. The van der Waals surface area contributed by atoms with Crippen LogP contribution in [0.5, 0.6) is 0 Å². The highest BCUT2D eigenvalue weighted by molar-refractivity contribution is 7.91. The van der Waals surface area contributed by atoms with E-state index in [9.17, 15) is 18.0 Å². The van der Waals surface area contributed by atoms with Crippen molar-refractivity contribution in [1.29, 1.82) is 0 Å². The number of amides is 2.